The van der Waals surface area contributed by atoms with E-state index in [1.54, 1.807) is 12.1 Å². The molecular formula is C22H31N3O4S. The molecule has 2 heterocycles. The Morgan fingerprint density at radius 1 is 1.17 bits per heavy atom. The number of nitrogens with zero attached hydrogens (tertiary/aromatic N) is 2. The van der Waals surface area contributed by atoms with E-state index in [0.29, 0.717) is 36.7 Å². The molecular weight excluding hydrogens is 402 g/mol. The van der Waals surface area contributed by atoms with Crippen molar-refractivity contribution < 1.29 is 17.9 Å². The minimum atomic E-state index is -3.68. The molecule has 1 N–H and O–H groups in total. The van der Waals surface area contributed by atoms with Crippen LogP contribution in [0.3, 0.4) is 0 Å². The highest BCUT2D eigenvalue weighted by atomic mass is 32.2. The Morgan fingerprint density at radius 3 is 2.40 bits per heavy atom. The fourth-order valence-corrected chi connectivity index (χ4v) is 5.80. The number of benzene rings is 1. The van der Waals surface area contributed by atoms with Gasteiger partial charge in [0.1, 0.15) is 10.6 Å². The Morgan fingerprint density at radius 2 is 1.83 bits per heavy atom. The fraction of sp³-hybridized carbons (Fsp3) is 0.500. The highest BCUT2D eigenvalue weighted by Crippen LogP contribution is 2.32. The standard InChI is InChI=1S/C22H31N3O4S/c1-6-29-20-10-9-18(14-21(20)30(27,28)24-11-7-8-12-24)23-22(26)19-13-16(4)25(15(2)3)17(19)5/h9-10,13-15H,6-8,11-12H2,1-5H3,(H,23,26). The number of aromatic nitrogens is 1. The molecule has 1 amide bonds. The number of sulfonamides is 1. The number of carbonyl (C=O) groups excluding carboxylic acids is 1. The first-order valence-electron chi connectivity index (χ1n) is 10.4. The van der Waals surface area contributed by atoms with Gasteiger partial charge in [-0.15, -0.1) is 0 Å². The number of amides is 1. The molecule has 164 valence electrons. The number of hydrogen-bond acceptors (Lipinski definition) is 4. The van der Waals surface area contributed by atoms with Crippen LogP contribution in [-0.4, -0.2) is 42.9 Å². The van der Waals surface area contributed by atoms with Gasteiger partial charge in [-0.3, -0.25) is 4.79 Å². The van der Waals surface area contributed by atoms with Crippen molar-refractivity contribution in [2.45, 2.75) is 58.4 Å². The van der Waals surface area contributed by atoms with Gasteiger partial charge in [-0.05, 0) is 71.7 Å². The van der Waals surface area contributed by atoms with Crippen LogP contribution >= 0.6 is 0 Å². The van der Waals surface area contributed by atoms with Crippen molar-refractivity contribution in [2.75, 3.05) is 25.0 Å². The van der Waals surface area contributed by atoms with Gasteiger partial charge in [0.25, 0.3) is 5.91 Å². The van der Waals surface area contributed by atoms with Gasteiger partial charge in [0.05, 0.1) is 12.2 Å². The Bertz CT molecular complexity index is 1030. The van der Waals surface area contributed by atoms with Gasteiger partial charge in [0.2, 0.25) is 10.0 Å². The highest BCUT2D eigenvalue weighted by molar-refractivity contribution is 7.89. The fourth-order valence-electron chi connectivity index (χ4n) is 4.13. The minimum Gasteiger partial charge on any atom is -0.492 e. The molecule has 0 saturated carbocycles. The van der Waals surface area contributed by atoms with Crippen molar-refractivity contribution in [3.63, 3.8) is 0 Å². The predicted molar refractivity (Wildman–Crippen MR) is 118 cm³/mol. The number of aryl methyl sites for hydroxylation is 1. The van der Waals surface area contributed by atoms with Crippen LogP contribution in [0.2, 0.25) is 0 Å². The van der Waals surface area contributed by atoms with Gasteiger partial charge < -0.3 is 14.6 Å². The summed E-state index contributed by atoms with van der Waals surface area (Å²) in [7, 11) is -3.68. The third-order valence-corrected chi connectivity index (χ3v) is 7.35. The number of rotatable bonds is 7. The van der Waals surface area contributed by atoms with E-state index >= 15 is 0 Å². The molecule has 30 heavy (non-hydrogen) atoms. The maximum Gasteiger partial charge on any atom is 0.257 e. The molecule has 1 aliphatic rings. The lowest BCUT2D eigenvalue weighted by Crippen LogP contribution is -2.28. The van der Waals surface area contributed by atoms with Crippen molar-refractivity contribution >= 4 is 21.6 Å². The molecule has 0 aliphatic carbocycles. The number of hydrogen-bond donors (Lipinski definition) is 1. The summed E-state index contributed by atoms with van der Waals surface area (Å²) >= 11 is 0. The Hall–Kier alpha value is -2.32. The van der Waals surface area contributed by atoms with Crippen LogP contribution < -0.4 is 10.1 Å². The lowest BCUT2D eigenvalue weighted by atomic mass is 10.2. The topological polar surface area (TPSA) is 80.6 Å². The molecule has 0 bridgehead atoms. The average molecular weight is 434 g/mol. The quantitative estimate of drug-likeness (QED) is 0.712. The zero-order chi connectivity index (χ0) is 22.1. The van der Waals surface area contributed by atoms with E-state index in [0.717, 1.165) is 24.2 Å². The van der Waals surface area contributed by atoms with E-state index in [2.05, 4.69) is 23.7 Å². The first-order valence-corrected chi connectivity index (χ1v) is 11.9. The van der Waals surface area contributed by atoms with E-state index < -0.39 is 10.0 Å². The summed E-state index contributed by atoms with van der Waals surface area (Å²) in [6.45, 7) is 11.2. The predicted octanol–water partition coefficient (Wildman–Crippen LogP) is 4.12. The number of nitrogens with one attached hydrogen (secondary N) is 1. The van der Waals surface area contributed by atoms with E-state index in [1.165, 1.54) is 10.4 Å². The zero-order valence-corrected chi connectivity index (χ0v) is 19.2. The maximum absolute atomic E-state index is 13.1. The number of anilines is 1. The van der Waals surface area contributed by atoms with Crippen LogP contribution in [0.15, 0.2) is 29.2 Å². The third-order valence-electron chi connectivity index (χ3n) is 5.43. The van der Waals surface area contributed by atoms with Crippen LogP contribution in [0.4, 0.5) is 5.69 Å². The van der Waals surface area contributed by atoms with Crippen LogP contribution in [-0.2, 0) is 10.0 Å². The van der Waals surface area contributed by atoms with Crippen LogP contribution in [0.5, 0.6) is 5.75 Å². The molecule has 1 fully saturated rings. The van der Waals surface area contributed by atoms with Crippen molar-refractivity contribution in [1.29, 1.82) is 0 Å². The van der Waals surface area contributed by atoms with E-state index in [4.69, 9.17) is 4.74 Å². The second-order valence-electron chi connectivity index (χ2n) is 7.91. The first-order chi connectivity index (χ1) is 14.2. The molecule has 1 aromatic heterocycles. The van der Waals surface area contributed by atoms with Crippen molar-refractivity contribution in [3.8, 4) is 5.75 Å². The van der Waals surface area contributed by atoms with Crippen LogP contribution in [0.1, 0.15) is 61.4 Å². The monoisotopic (exact) mass is 433 g/mol. The molecule has 7 nitrogen and oxygen atoms in total. The summed E-state index contributed by atoms with van der Waals surface area (Å²) in [4.78, 5) is 13.0. The lowest BCUT2D eigenvalue weighted by Gasteiger charge is -2.19. The number of carbonyl (C=O) groups is 1. The summed E-state index contributed by atoms with van der Waals surface area (Å²) in [5.41, 5.74) is 2.90. The van der Waals surface area contributed by atoms with Crippen molar-refractivity contribution in [2.24, 2.45) is 0 Å². The Balaban J connectivity index is 1.94. The molecule has 0 atom stereocenters. The van der Waals surface area contributed by atoms with Crippen molar-refractivity contribution in [1.82, 2.24) is 8.87 Å². The first kappa shape index (κ1) is 22.4. The summed E-state index contributed by atoms with van der Waals surface area (Å²) in [6, 6.07) is 6.89. The molecule has 1 aromatic carbocycles. The van der Waals surface area contributed by atoms with Gasteiger partial charge >= 0.3 is 0 Å². The van der Waals surface area contributed by atoms with E-state index in [1.807, 2.05) is 26.8 Å². The molecule has 3 rings (SSSR count). The highest BCUT2D eigenvalue weighted by Gasteiger charge is 2.30. The van der Waals surface area contributed by atoms with Gasteiger partial charge in [0.15, 0.2) is 0 Å². The van der Waals surface area contributed by atoms with E-state index in [9.17, 15) is 13.2 Å². The summed E-state index contributed by atoms with van der Waals surface area (Å²) in [5.74, 6) is 0.0454. The number of ether oxygens (including phenoxy) is 1. The van der Waals surface area contributed by atoms with E-state index in [-0.39, 0.29) is 16.8 Å². The summed E-state index contributed by atoms with van der Waals surface area (Å²) < 4.78 is 35.4. The largest absolute Gasteiger partial charge is 0.492 e. The molecule has 2 aromatic rings. The van der Waals surface area contributed by atoms with Gasteiger partial charge in [-0.2, -0.15) is 4.31 Å². The molecule has 0 unspecified atom stereocenters. The molecule has 1 aliphatic heterocycles. The zero-order valence-electron chi connectivity index (χ0n) is 18.4. The second kappa shape index (κ2) is 8.81. The average Bonchev–Trinajstić information content (AvgIpc) is 3.31. The molecule has 8 heteroatoms. The smallest absolute Gasteiger partial charge is 0.257 e. The van der Waals surface area contributed by atoms with Crippen LogP contribution in [0, 0.1) is 13.8 Å². The summed E-state index contributed by atoms with van der Waals surface area (Å²) in [5, 5.41) is 2.86. The Kier molecular flexibility index (Phi) is 6.57. The minimum absolute atomic E-state index is 0.0942. The second-order valence-corrected chi connectivity index (χ2v) is 9.81. The Labute approximate surface area is 179 Å². The summed E-state index contributed by atoms with van der Waals surface area (Å²) in [6.07, 6.45) is 1.70. The molecule has 0 spiro atoms. The SMILES string of the molecule is CCOc1ccc(NC(=O)c2cc(C)n(C(C)C)c2C)cc1S(=O)(=O)N1CCCC1. The van der Waals surface area contributed by atoms with Gasteiger partial charge in [-0.1, -0.05) is 0 Å². The maximum atomic E-state index is 13.1. The third kappa shape index (κ3) is 4.25. The van der Waals surface area contributed by atoms with Crippen LogP contribution in [0.25, 0.3) is 0 Å². The van der Waals surface area contributed by atoms with Crippen molar-refractivity contribution in [3.05, 3.63) is 41.2 Å². The lowest BCUT2D eigenvalue weighted by molar-refractivity contribution is 0.102. The molecule has 1 saturated heterocycles. The normalized spacial score (nSPS) is 15.0. The van der Waals surface area contributed by atoms with Gasteiger partial charge in [0, 0.05) is 36.2 Å². The molecule has 0 radical (unpaired) electrons. The van der Waals surface area contributed by atoms with Gasteiger partial charge in [-0.25, -0.2) is 8.42 Å².